The molecular weight excluding hydrogens is 266 g/mol. The molecule has 0 fully saturated rings. The van der Waals surface area contributed by atoms with E-state index in [2.05, 4.69) is 5.32 Å². The highest BCUT2D eigenvalue weighted by molar-refractivity contribution is 5.97. The Labute approximate surface area is 127 Å². The molecule has 0 unspecified atom stereocenters. The molecule has 0 aromatic heterocycles. The van der Waals surface area contributed by atoms with Crippen LogP contribution in [-0.2, 0) is 9.53 Å². The van der Waals surface area contributed by atoms with E-state index in [0.29, 0.717) is 19.6 Å². The third kappa shape index (κ3) is 4.21. The molecule has 0 saturated carbocycles. The first kappa shape index (κ1) is 17.5. The summed E-state index contributed by atoms with van der Waals surface area (Å²) in [6.45, 7) is 12.7. The minimum atomic E-state index is -0.796. The molecule has 0 radical (unpaired) electrons. The second-order valence-electron chi connectivity index (χ2n) is 5.34. The van der Waals surface area contributed by atoms with Gasteiger partial charge in [0.15, 0.2) is 0 Å². The molecule has 4 heteroatoms. The zero-order valence-corrected chi connectivity index (χ0v) is 14.0. The first-order chi connectivity index (χ1) is 9.87. The Kier molecular flexibility index (Phi) is 6.21. The van der Waals surface area contributed by atoms with E-state index >= 15 is 0 Å². The van der Waals surface area contributed by atoms with E-state index < -0.39 is 5.60 Å². The van der Waals surface area contributed by atoms with Crippen molar-refractivity contribution in [1.82, 2.24) is 0 Å². The summed E-state index contributed by atoms with van der Waals surface area (Å²) < 4.78 is 11.2. The Bertz CT molecular complexity index is 476. The van der Waals surface area contributed by atoms with Crippen molar-refractivity contribution in [3.05, 3.63) is 23.3 Å². The number of benzene rings is 1. The van der Waals surface area contributed by atoms with Crippen LogP contribution < -0.4 is 10.1 Å². The van der Waals surface area contributed by atoms with E-state index in [4.69, 9.17) is 9.47 Å². The monoisotopic (exact) mass is 293 g/mol. The molecule has 118 valence electrons. The van der Waals surface area contributed by atoms with Gasteiger partial charge < -0.3 is 14.8 Å². The van der Waals surface area contributed by atoms with Gasteiger partial charge in [-0.3, -0.25) is 4.79 Å². The average Bonchev–Trinajstić information content (AvgIpc) is 2.43. The lowest BCUT2D eigenvalue weighted by Gasteiger charge is -2.27. The lowest BCUT2D eigenvalue weighted by Crippen LogP contribution is -2.42. The molecule has 1 aromatic rings. The van der Waals surface area contributed by atoms with Crippen LogP contribution in [0.2, 0.25) is 0 Å². The predicted molar refractivity (Wildman–Crippen MR) is 86.0 cm³/mol. The maximum absolute atomic E-state index is 12.4. The smallest absolute Gasteiger partial charge is 0.256 e. The fraction of sp³-hybridized carbons (Fsp3) is 0.588. The first-order valence-corrected chi connectivity index (χ1v) is 7.57. The summed E-state index contributed by atoms with van der Waals surface area (Å²) in [5.74, 6) is 0.772. The molecule has 0 bridgehead atoms. The number of ether oxygens (including phenoxy) is 2. The Morgan fingerprint density at radius 3 is 2.14 bits per heavy atom. The minimum absolute atomic E-state index is 0.116. The number of aryl methyl sites for hydroxylation is 2. The van der Waals surface area contributed by atoms with Crippen LogP contribution in [0.1, 0.15) is 45.2 Å². The molecule has 0 aliphatic heterocycles. The fourth-order valence-electron chi connectivity index (χ4n) is 2.30. The Morgan fingerprint density at radius 1 is 1.14 bits per heavy atom. The molecule has 0 spiro atoms. The van der Waals surface area contributed by atoms with Crippen LogP contribution in [0.15, 0.2) is 12.1 Å². The summed E-state index contributed by atoms with van der Waals surface area (Å²) in [6.07, 6.45) is 0.627. The molecule has 21 heavy (non-hydrogen) atoms. The largest absolute Gasteiger partial charge is 0.493 e. The average molecular weight is 293 g/mol. The second-order valence-corrected chi connectivity index (χ2v) is 5.34. The molecule has 0 saturated heterocycles. The second kappa shape index (κ2) is 7.46. The van der Waals surface area contributed by atoms with Gasteiger partial charge in [0.2, 0.25) is 0 Å². The summed E-state index contributed by atoms with van der Waals surface area (Å²) in [4.78, 5) is 12.4. The van der Waals surface area contributed by atoms with Crippen LogP contribution >= 0.6 is 0 Å². The molecular formula is C17H27NO3. The van der Waals surface area contributed by atoms with Crippen LogP contribution in [0.4, 0.5) is 5.69 Å². The van der Waals surface area contributed by atoms with Gasteiger partial charge in [-0.2, -0.15) is 0 Å². The maximum Gasteiger partial charge on any atom is 0.256 e. The van der Waals surface area contributed by atoms with Crippen LogP contribution in [0.25, 0.3) is 0 Å². The molecule has 1 atom stereocenters. The third-order valence-corrected chi connectivity index (χ3v) is 3.62. The zero-order valence-electron chi connectivity index (χ0n) is 14.0. The lowest BCUT2D eigenvalue weighted by atomic mass is 10.0. The van der Waals surface area contributed by atoms with Crippen molar-refractivity contribution in [2.75, 3.05) is 18.5 Å². The van der Waals surface area contributed by atoms with E-state index in [0.717, 1.165) is 22.6 Å². The zero-order chi connectivity index (χ0) is 16.0. The standard InChI is InChI=1S/C17H27NO3/c1-7-17(6,21-9-3)16(19)18-14-10-12(4)15(20-8-2)13(5)11-14/h10-11H,7-9H2,1-6H3,(H,18,19)/t17-/m1/s1. The summed E-state index contributed by atoms with van der Waals surface area (Å²) in [5, 5.41) is 2.95. The number of hydrogen-bond acceptors (Lipinski definition) is 3. The molecule has 1 rings (SSSR count). The number of anilines is 1. The van der Waals surface area contributed by atoms with Crippen molar-refractivity contribution in [1.29, 1.82) is 0 Å². The minimum Gasteiger partial charge on any atom is -0.493 e. The highest BCUT2D eigenvalue weighted by Crippen LogP contribution is 2.28. The van der Waals surface area contributed by atoms with E-state index in [9.17, 15) is 4.79 Å². The molecule has 1 aromatic carbocycles. The first-order valence-electron chi connectivity index (χ1n) is 7.57. The summed E-state index contributed by atoms with van der Waals surface area (Å²) in [6, 6.07) is 3.86. The van der Waals surface area contributed by atoms with Crippen LogP contribution in [-0.4, -0.2) is 24.7 Å². The highest BCUT2D eigenvalue weighted by Gasteiger charge is 2.31. The van der Waals surface area contributed by atoms with Crippen LogP contribution in [0.5, 0.6) is 5.75 Å². The van der Waals surface area contributed by atoms with E-state index in [-0.39, 0.29) is 5.91 Å². The SMILES string of the molecule is CCOc1c(C)cc(NC(=O)[C@@](C)(CC)OCC)cc1C. The van der Waals surface area contributed by atoms with Crippen molar-refractivity contribution in [2.45, 2.75) is 53.6 Å². The number of amides is 1. The van der Waals surface area contributed by atoms with Crippen LogP contribution in [0.3, 0.4) is 0 Å². The van der Waals surface area contributed by atoms with Crippen LogP contribution in [0, 0.1) is 13.8 Å². The number of hydrogen-bond donors (Lipinski definition) is 1. The quantitative estimate of drug-likeness (QED) is 0.830. The van der Waals surface area contributed by atoms with E-state index in [1.807, 2.05) is 53.7 Å². The lowest BCUT2D eigenvalue weighted by molar-refractivity contribution is -0.139. The van der Waals surface area contributed by atoms with Gasteiger partial charge >= 0.3 is 0 Å². The Hall–Kier alpha value is -1.55. The summed E-state index contributed by atoms with van der Waals surface area (Å²) >= 11 is 0. The maximum atomic E-state index is 12.4. The predicted octanol–water partition coefficient (Wildman–Crippen LogP) is 3.85. The molecule has 0 aliphatic carbocycles. The molecule has 1 amide bonds. The Balaban J connectivity index is 2.96. The van der Waals surface area contributed by atoms with Gasteiger partial charge in [-0.05, 0) is 64.3 Å². The van der Waals surface area contributed by atoms with Crippen molar-refractivity contribution in [3.8, 4) is 5.75 Å². The fourth-order valence-corrected chi connectivity index (χ4v) is 2.30. The summed E-state index contributed by atoms with van der Waals surface area (Å²) in [5.41, 5.74) is 2.01. The molecule has 0 aliphatic rings. The Morgan fingerprint density at radius 2 is 1.71 bits per heavy atom. The topological polar surface area (TPSA) is 47.6 Å². The van der Waals surface area contributed by atoms with Gasteiger partial charge in [0.1, 0.15) is 11.4 Å². The highest BCUT2D eigenvalue weighted by atomic mass is 16.5. The molecule has 0 heterocycles. The third-order valence-electron chi connectivity index (χ3n) is 3.62. The van der Waals surface area contributed by atoms with Gasteiger partial charge in [-0.25, -0.2) is 0 Å². The van der Waals surface area contributed by atoms with Crippen molar-refractivity contribution in [3.63, 3.8) is 0 Å². The van der Waals surface area contributed by atoms with Gasteiger partial charge in [-0.15, -0.1) is 0 Å². The van der Waals surface area contributed by atoms with Gasteiger partial charge in [-0.1, -0.05) is 6.92 Å². The normalized spacial score (nSPS) is 13.6. The van der Waals surface area contributed by atoms with Crippen molar-refractivity contribution < 1.29 is 14.3 Å². The molecule has 1 N–H and O–H groups in total. The summed E-state index contributed by atoms with van der Waals surface area (Å²) in [7, 11) is 0. The van der Waals surface area contributed by atoms with Crippen molar-refractivity contribution in [2.24, 2.45) is 0 Å². The van der Waals surface area contributed by atoms with Crippen molar-refractivity contribution >= 4 is 11.6 Å². The van der Waals surface area contributed by atoms with Gasteiger partial charge in [0.05, 0.1) is 6.61 Å². The molecule has 4 nitrogen and oxygen atoms in total. The number of rotatable bonds is 7. The number of carbonyl (C=O) groups is 1. The van der Waals surface area contributed by atoms with Gasteiger partial charge in [0, 0.05) is 12.3 Å². The van der Waals surface area contributed by atoms with E-state index in [1.54, 1.807) is 0 Å². The van der Waals surface area contributed by atoms with Gasteiger partial charge in [0.25, 0.3) is 5.91 Å². The number of nitrogens with one attached hydrogen (secondary N) is 1. The van der Waals surface area contributed by atoms with E-state index in [1.165, 1.54) is 0 Å². The number of carbonyl (C=O) groups excluding carboxylic acids is 1.